The maximum atomic E-state index is 11.8. The molecule has 7 heteroatoms. The van der Waals surface area contributed by atoms with E-state index in [1.807, 2.05) is 5.32 Å². The van der Waals surface area contributed by atoms with Gasteiger partial charge in [-0.15, -0.1) is 0 Å². The van der Waals surface area contributed by atoms with Gasteiger partial charge in [0.15, 0.2) is 0 Å². The molecule has 2 rings (SSSR count). The number of amides is 3. The second kappa shape index (κ2) is 6.49. The highest BCUT2D eigenvalue weighted by Gasteiger charge is 2.18. The number of aryl methyl sites for hydroxylation is 1. The summed E-state index contributed by atoms with van der Waals surface area (Å²) in [5.41, 5.74) is 6.91. The molecule has 4 N–H and O–H groups in total. The molecule has 1 aromatic carbocycles. The van der Waals surface area contributed by atoms with Gasteiger partial charge in [0, 0.05) is 16.9 Å². The number of nitrogens with one attached hydrogen (secondary N) is 2. The fraction of sp³-hybridized carbons (Fsp3) is 0.0667. The Balaban J connectivity index is 1.98. The van der Waals surface area contributed by atoms with Gasteiger partial charge in [-0.2, -0.15) is 0 Å². The third-order valence-corrected chi connectivity index (χ3v) is 2.74. The molecule has 0 saturated carbocycles. The first-order valence-corrected chi connectivity index (χ1v) is 6.41. The van der Waals surface area contributed by atoms with Crippen LogP contribution >= 0.6 is 0 Å². The number of carbonyl (C=O) groups excluding carboxylic acids is 3. The molecule has 0 spiro atoms. The topological polar surface area (TPSA) is 114 Å². The molecule has 0 bridgehead atoms. The first-order chi connectivity index (χ1) is 10.5. The number of hydrogen-bond donors (Lipinski definition) is 3. The zero-order valence-corrected chi connectivity index (χ0v) is 11.8. The summed E-state index contributed by atoms with van der Waals surface area (Å²) in [4.78, 5) is 39.2. The quantitative estimate of drug-likeness (QED) is 0.562. The van der Waals surface area contributed by atoms with Gasteiger partial charge in [-0.1, -0.05) is 6.07 Å². The molecule has 2 aromatic rings. The van der Waals surface area contributed by atoms with Crippen molar-refractivity contribution in [1.82, 2.24) is 10.3 Å². The lowest BCUT2D eigenvalue weighted by molar-refractivity contribution is -0.135. The molecule has 112 valence electrons. The Bertz CT molecular complexity index is 726. The second-order valence-electron chi connectivity index (χ2n) is 4.52. The molecule has 1 heterocycles. The van der Waals surface area contributed by atoms with E-state index < -0.39 is 17.7 Å². The van der Waals surface area contributed by atoms with Crippen LogP contribution in [-0.2, 0) is 9.59 Å². The third-order valence-electron chi connectivity index (χ3n) is 2.74. The van der Waals surface area contributed by atoms with Crippen molar-refractivity contribution in [2.45, 2.75) is 6.92 Å². The lowest BCUT2D eigenvalue weighted by atomic mass is 10.2. The number of benzene rings is 1. The average molecular weight is 298 g/mol. The molecule has 0 fully saturated rings. The molecule has 0 aliphatic carbocycles. The van der Waals surface area contributed by atoms with Crippen LogP contribution in [0.25, 0.3) is 0 Å². The normalized spacial score (nSPS) is 9.86. The molecule has 0 aliphatic rings. The van der Waals surface area contributed by atoms with E-state index in [0.29, 0.717) is 11.4 Å². The van der Waals surface area contributed by atoms with E-state index in [-0.39, 0.29) is 11.4 Å². The Labute approximate surface area is 126 Å². The van der Waals surface area contributed by atoms with Gasteiger partial charge in [0.1, 0.15) is 5.82 Å². The van der Waals surface area contributed by atoms with Crippen LogP contribution in [0.4, 0.5) is 11.5 Å². The zero-order valence-electron chi connectivity index (χ0n) is 11.8. The number of carbonyl (C=O) groups is 3. The van der Waals surface area contributed by atoms with Gasteiger partial charge in [-0.25, -0.2) is 4.98 Å². The number of imide groups is 1. The number of rotatable bonds is 2. The molecular formula is C15H14N4O3. The van der Waals surface area contributed by atoms with E-state index in [9.17, 15) is 14.4 Å². The number of nitrogens with two attached hydrogens (primary N) is 1. The van der Waals surface area contributed by atoms with E-state index in [2.05, 4.69) is 10.3 Å². The molecular weight excluding hydrogens is 284 g/mol. The summed E-state index contributed by atoms with van der Waals surface area (Å²) in [5, 5.41) is 4.31. The molecule has 22 heavy (non-hydrogen) atoms. The Kier molecular flexibility index (Phi) is 4.47. The van der Waals surface area contributed by atoms with Gasteiger partial charge < -0.3 is 11.1 Å². The molecule has 1 aromatic heterocycles. The smallest absolute Gasteiger partial charge is 0.316 e. The minimum atomic E-state index is -1.06. The third kappa shape index (κ3) is 3.89. The van der Waals surface area contributed by atoms with E-state index in [4.69, 9.17) is 5.73 Å². The number of anilines is 2. The van der Waals surface area contributed by atoms with Crippen molar-refractivity contribution in [1.29, 1.82) is 0 Å². The van der Waals surface area contributed by atoms with E-state index in [1.165, 1.54) is 24.3 Å². The van der Waals surface area contributed by atoms with Crippen LogP contribution < -0.4 is 16.4 Å². The summed E-state index contributed by atoms with van der Waals surface area (Å²) >= 11 is 0. The van der Waals surface area contributed by atoms with Gasteiger partial charge in [0.2, 0.25) is 0 Å². The minimum absolute atomic E-state index is 0.226. The molecule has 7 nitrogen and oxygen atoms in total. The molecule has 0 unspecified atom stereocenters. The summed E-state index contributed by atoms with van der Waals surface area (Å²) in [6.45, 7) is 1.75. The molecule has 0 aliphatic heterocycles. The van der Waals surface area contributed by atoms with Crippen LogP contribution in [0.5, 0.6) is 0 Å². The lowest BCUT2D eigenvalue weighted by Gasteiger charge is -2.06. The highest BCUT2D eigenvalue weighted by molar-refractivity contribution is 6.42. The number of aromatic nitrogens is 1. The van der Waals surface area contributed by atoms with Gasteiger partial charge in [0.05, 0.1) is 0 Å². The predicted octanol–water partition coefficient (Wildman–Crippen LogP) is 0.867. The highest BCUT2D eigenvalue weighted by atomic mass is 16.2. The SMILES string of the molecule is Cc1cccc(NC(=O)C(=O)NC(=O)c2ccc(N)cc2)n1. The largest absolute Gasteiger partial charge is 0.399 e. The first kappa shape index (κ1) is 15.2. The number of pyridine rings is 1. The Morgan fingerprint density at radius 1 is 1.00 bits per heavy atom. The van der Waals surface area contributed by atoms with Crippen molar-refractivity contribution in [3.63, 3.8) is 0 Å². The maximum Gasteiger partial charge on any atom is 0.316 e. The standard InChI is InChI=1S/C15H14N4O3/c1-9-3-2-4-12(17-9)18-14(21)15(22)19-13(20)10-5-7-11(16)8-6-10/h2-8H,16H2,1H3,(H,17,18,21)(H,19,20,22). The summed E-state index contributed by atoms with van der Waals surface area (Å²) in [6, 6.07) is 10.9. The van der Waals surface area contributed by atoms with Crippen molar-refractivity contribution in [2.75, 3.05) is 11.1 Å². The zero-order chi connectivity index (χ0) is 16.1. The average Bonchev–Trinajstić information content (AvgIpc) is 2.47. The van der Waals surface area contributed by atoms with Crippen LogP contribution in [-0.4, -0.2) is 22.7 Å². The van der Waals surface area contributed by atoms with Gasteiger partial charge in [-0.3, -0.25) is 19.7 Å². The van der Waals surface area contributed by atoms with Crippen LogP contribution in [0, 0.1) is 6.92 Å². The van der Waals surface area contributed by atoms with Crippen LogP contribution in [0.1, 0.15) is 16.1 Å². The van der Waals surface area contributed by atoms with E-state index in [1.54, 1.807) is 25.1 Å². The fourth-order valence-corrected chi connectivity index (χ4v) is 1.65. The Morgan fingerprint density at radius 3 is 2.32 bits per heavy atom. The molecule has 0 radical (unpaired) electrons. The fourth-order valence-electron chi connectivity index (χ4n) is 1.65. The van der Waals surface area contributed by atoms with Crippen LogP contribution in [0.2, 0.25) is 0 Å². The van der Waals surface area contributed by atoms with Crippen molar-refractivity contribution in [2.24, 2.45) is 0 Å². The van der Waals surface area contributed by atoms with Crippen LogP contribution in [0.15, 0.2) is 42.5 Å². The number of hydrogen-bond acceptors (Lipinski definition) is 5. The maximum absolute atomic E-state index is 11.8. The molecule has 0 saturated heterocycles. The van der Waals surface area contributed by atoms with Crippen molar-refractivity contribution in [3.05, 3.63) is 53.7 Å². The van der Waals surface area contributed by atoms with Gasteiger partial charge in [-0.05, 0) is 43.3 Å². The summed E-state index contributed by atoms with van der Waals surface area (Å²) in [5.74, 6) is -2.48. The van der Waals surface area contributed by atoms with Gasteiger partial charge in [0.25, 0.3) is 5.91 Å². The predicted molar refractivity (Wildman–Crippen MR) is 80.9 cm³/mol. The van der Waals surface area contributed by atoms with Crippen LogP contribution in [0.3, 0.4) is 0 Å². The second-order valence-corrected chi connectivity index (χ2v) is 4.52. The van der Waals surface area contributed by atoms with Crippen molar-refractivity contribution >= 4 is 29.2 Å². The van der Waals surface area contributed by atoms with E-state index >= 15 is 0 Å². The first-order valence-electron chi connectivity index (χ1n) is 6.41. The summed E-state index contributed by atoms with van der Waals surface area (Å²) in [6.07, 6.45) is 0. The number of nitrogen functional groups attached to an aromatic ring is 1. The summed E-state index contributed by atoms with van der Waals surface area (Å²) < 4.78 is 0. The Hall–Kier alpha value is -3.22. The highest BCUT2D eigenvalue weighted by Crippen LogP contribution is 2.06. The van der Waals surface area contributed by atoms with Crippen molar-refractivity contribution < 1.29 is 14.4 Å². The number of nitrogens with zero attached hydrogens (tertiary/aromatic N) is 1. The minimum Gasteiger partial charge on any atom is -0.399 e. The van der Waals surface area contributed by atoms with E-state index in [0.717, 1.165) is 0 Å². The van der Waals surface area contributed by atoms with Crippen molar-refractivity contribution in [3.8, 4) is 0 Å². The molecule has 3 amide bonds. The lowest BCUT2D eigenvalue weighted by Crippen LogP contribution is -2.39. The molecule has 0 atom stereocenters. The Morgan fingerprint density at radius 2 is 1.68 bits per heavy atom. The summed E-state index contributed by atoms with van der Waals surface area (Å²) in [7, 11) is 0. The monoisotopic (exact) mass is 298 g/mol. The van der Waals surface area contributed by atoms with Gasteiger partial charge >= 0.3 is 11.8 Å².